The van der Waals surface area contributed by atoms with Gasteiger partial charge in [-0.25, -0.2) is 4.79 Å². The van der Waals surface area contributed by atoms with E-state index in [1.165, 1.54) is 0 Å². The van der Waals surface area contributed by atoms with Gasteiger partial charge in [0.15, 0.2) is 6.10 Å². The molecule has 0 aliphatic carbocycles. The Balaban J connectivity index is 3.12. The van der Waals surface area contributed by atoms with E-state index in [4.69, 9.17) is 10.2 Å². The average Bonchev–Trinajstić information content (AvgIpc) is 2.34. The highest BCUT2D eigenvalue weighted by Crippen LogP contribution is 2.30. The van der Waals surface area contributed by atoms with Crippen LogP contribution in [0, 0.1) is 0 Å². The van der Waals surface area contributed by atoms with Crippen LogP contribution in [0.3, 0.4) is 0 Å². The smallest absolute Gasteiger partial charge is 0.481 e. The number of aryl methyl sites for hydroxylation is 1. The zero-order valence-corrected chi connectivity index (χ0v) is 10.4. The summed E-state index contributed by atoms with van der Waals surface area (Å²) in [4.78, 5) is 21.1. The van der Waals surface area contributed by atoms with Crippen molar-refractivity contribution in [3.05, 3.63) is 29.3 Å². The quantitative estimate of drug-likeness (QED) is 0.739. The van der Waals surface area contributed by atoms with Crippen molar-refractivity contribution < 1.29 is 42.8 Å². The van der Waals surface area contributed by atoms with Crippen LogP contribution in [0.25, 0.3) is 0 Å². The third kappa shape index (κ3) is 5.30. The van der Waals surface area contributed by atoms with Gasteiger partial charge in [-0.15, -0.1) is 13.2 Å². The molecule has 0 saturated heterocycles. The molecule has 0 aromatic heterocycles. The molecule has 1 rings (SSSR count). The van der Waals surface area contributed by atoms with Gasteiger partial charge in [-0.1, -0.05) is 6.07 Å². The fraction of sp³-hybridized carbons (Fsp3) is 0.333. The molecule has 21 heavy (non-hydrogen) atoms. The first-order valence-electron chi connectivity index (χ1n) is 5.61. The van der Waals surface area contributed by atoms with Gasteiger partial charge >= 0.3 is 18.3 Å². The van der Waals surface area contributed by atoms with Crippen molar-refractivity contribution in [2.75, 3.05) is 0 Å². The van der Waals surface area contributed by atoms with Gasteiger partial charge in [0.2, 0.25) is 0 Å². The molecule has 0 amide bonds. The standard InChI is InChI=1S/C12H11F3O6/c13-12(14,15)21-8-3-1-7(10(18)11(19)20)5-6(8)2-4-9(16)17/h1,3,5,10,18H,2,4H2,(H,16,17)(H,19,20). The summed E-state index contributed by atoms with van der Waals surface area (Å²) in [6.45, 7) is 0. The van der Waals surface area contributed by atoms with Gasteiger partial charge in [-0.05, 0) is 29.7 Å². The number of ether oxygens (including phenoxy) is 1. The maximum atomic E-state index is 12.2. The average molecular weight is 308 g/mol. The maximum Gasteiger partial charge on any atom is 0.573 e. The summed E-state index contributed by atoms with van der Waals surface area (Å²) in [6, 6.07) is 2.78. The largest absolute Gasteiger partial charge is 0.573 e. The monoisotopic (exact) mass is 308 g/mol. The molecule has 116 valence electrons. The van der Waals surface area contributed by atoms with Crippen LogP contribution >= 0.6 is 0 Å². The first kappa shape index (κ1) is 16.8. The lowest BCUT2D eigenvalue weighted by molar-refractivity contribution is -0.274. The summed E-state index contributed by atoms with van der Waals surface area (Å²) in [5, 5.41) is 26.5. The van der Waals surface area contributed by atoms with Crippen molar-refractivity contribution in [3.8, 4) is 5.75 Å². The van der Waals surface area contributed by atoms with Crippen molar-refractivity contribution >= 4 is 11.9 Å². The summed E-state index contributed by atoms with van der Waals surface area (Å²) in [6.07, 6.45) is -7.67. The van der Waals surface area contributed by atoms with Crippen LogP contribution < -0.4 is 4.74 Å². The van der Waals surface area contributed by atoms with Gasteiger partial charge in [-0.2, -0.15) is 0 Å². The minimum atomic E-state index is -4.97. The molecule has 3 N–H and O–H groups in total. The Bertz CT molecular complexity index is 540. The van der Waals surface area contributed by atoms with Crippen molar-refractivity contribution in [2.24, 2.45) is 0 Å². The predicted molar refractivity (Wildman–Crippen MR) is 61.7 cm³/mol. The summed E-state index contributed by atoms with van der Waals surface area (Å²) in [5.41, 5.74) is -0.329. The van der Waals surface area contributed by atoms with E-state index in [-0.39, 0.29) is 17.5 Å². The number of aliphatic hydroxyl groups is 1. The highest BCUT2D eigenvalue weighted by Gasteiger charge is 2.32. The van der Waals surface area contributed by atoms with Crippen LogP contribution in [0.15, 0.2) is 18.2 Å². The molecular weight excluding hydrogens is 297 g/mol. The minimum absolute atomic E-state index is 0.160. The molecule has 1 unspecified atom stereocenters. The minimum Gasteiger partial charge on any atom is -0.481 e. The SMILES string of the molecule is O=C(O)CCc1cc(C(O)C(=O)O)ccc1OC(F)(F)F. The summed E-state index contributed by atoms with van der Waals surface area (Å²) in [7, 11) is 0. The fourth-order valence-electron chi connectivity index (χ4n) is 1.57. The van der Waals surface area contributed by atoms with Gasteiger partial charge in [0.25, 0.3) is 0 Å². The normalized spacial score (nSPS) is 12.8. The molecule has 0 aliphatic rings. The number of hydrogen-bond donors (Lipinski definition) is 3. The second-order valence-corrected chi connectivity index (χ2v) is 4.05. The van der Waals surface area contributed by atoms with Crippen LogP contribution in [0.4, 0.5) is 13.2 Å². The molecule has 6 nitrogen and oxygen atoms in total. The molecule has 0 heterocycles. The highest BCUT2D eigenvalue weighted by atomic mass is 19.4. The van der Waals surface area contributed by atoms with E-state index < -0.39 is 36.6 Å². The summed E-state index contributed by atoms with van der Waals surface area (Å²) < 4.78 is 40.4. The van der Waals surface area contributed by atoms with E-state index in [1.807, 2.05) is 0 Å². The van der Waals surface area contributed by atoms with Crippen molar-refractivity contribution in [1.82, 2.24) is 0 Å². The fourth-order valence-corrected chi connectivity index (χ4v) is 1.57. The molecule has 9 heteroatoms. The number of halogens is 3. The number of carboxylic acids is 2. The molecule has 1 atom stereocenters. The molecule has 1 aromatic carbocycles. The van der Waals surface area contributed by atoms with E-state index in [9.17, 15) is 27.9 Å². The summed E-state index contributed by atoms with van der Waals surface area (Å²) >= 11 is 0. The molecular formula is C12H11F3O6. The second-order valence-electron chi connectivity index (χ2n) is 4.05. The second kappa shape index (κ2) is 6.44. The Labute approximate surface area is 116 Å². The van der Waals surface area contributed by atoms with Crippen molar-refractivity contribution in [1.29, 1.82) is 0 Å². The lowest BCUT2D eigenvalue weighted by Gasteiger charge is -2.15. The molecule has 0 fully saturated rings. The van der Waals surface area contributed by atoms with E-state index in [0.717, 1.165) is 18.2 Å². The van der Waals surface area contributed by atoms with E-state index in [2.05, 4.69) is 4.74 Å². The Kier molecular flexibility index (Phi) is 5.14. The molecule has 0 spiro atoms. The number of carboxylic acid groups (broad SMARTS) is 2. The Morgan fingerprint density at radius 1 is 1.24 bits per heavy atom. The van der Waals surface area contributed by atoms with Gasteiger partial charge in [-0.3, -0.25) is 4.79 Å². The Hall–Kier alpha value is -2.29. The number of alkyl halides is 3. The topological polar surface area (TPSA) is 104 Å². The molecule has 0 radical (unpaired) electrons. The third-order valence-electron chi connectivity index (χ3n) is 2.47. The van der Waals surface area contributed by atoms with E-state index in [0.29, 0.717) is 0 Å². The number of benzene rings is 1. The zero-order chi connectivity index (χ0) is 16.2. The number of aliphatic hydroxyl groups excluding tert-OH is 1. The number of carbonyl (C=O) groups is 2. The van der Waals surface area contributed by atoms with Gasteiger partial charge in [0.05, 0.1) is 0 Å². The third-order valence-corrected chi connectivity index (χ3v) is 2.47. The zero-order valence-electron chi connectivity index (χ0n) is 10.4. The number of rotatable bonds is 6. The Morgan fingerprint density at radius 3 is 2.33 bits per heavy atom. The van der Waals surface area contributed by atoms with Crippen LogP contribution in [-0.2, 0) is 16.0 Å². The lowest BCUT2D eigenvalue weighted by Crippen LogP contribution is -2.19. The van der Waals surface area contributed by atoms with Crippen LogP contribution in [-0.4, -0.2) is 33.6 Å². The van der Waals surface area contributed by atoms with Crippen LogP contribution in [0.5, 0.6) is 5.75 Å². The first-order chi connectivity index (χ1) is 9.60. The molecule has 1 aromatic rings. The van der Waals surface area contributed by atoms with Gasteiger partial charge < -0.3 is 20.1 Å². The van der Waals surface area contributed by atoms with Gasteiger partial charge in [0.1, 0.15) is 5.75 Å². The van der Waals surface area contributed by atoms with Gasteiger partial charge in [0, 0.05) is 6.42 Å². The maximum absolute atomic E-state index is 12.2. The predicted octanol–water partition coefficient (Wildman–Crippen LogP) is 1.72. The molecule has 0 saturated carbocycles. The van der Waals surface area contributed by atoms with Crippen LogP contribution in [0.2, 0.25) is 0 Å². The number of hydrogen-bond acceptors (Lipinski definition) is 4. The molecule has 0 bridgehead atoms. The first-order valence-corrected chi connectivity index (χ1v) is 5.61. The van der Waals surface area contributed by atoms with Crippen molar-refractivity contribution in [3.63, 3.8) is 0 Å². The van der Waals surface area contributed by atoms with E-state index in [1.54, 1.807) is 0 Å². The number of aliphatic carboxylic acids is 2. The van der Waals surface area contributed by atoms with Crippen molar-refractivity contribution in [2.45, 2.75) is 25.3 Å². The molecule has 0 aliphatic heterocycles. The van der Waals surface area contributed by atoms with Crippen LogP contribution in [0.1, 0.15) is 23.7 Å². The summed E-state index contributed by atoms with van der Waals surface area (Å²) in [5.74, 6) is -3.45. The lowest BCUT2D eigenvalue weighted by atomic mass is 10.0. The highest BCUT2D eigenvalue weighted by molar-refractivity contribution is 5.74. The Morgan fingerprint density at radius 2 is 1.86 bits per heavy atom. The van der Waals surface area contributed by atoms with E-state index >= 15 is 0 Å².